The molecule has 8 heteroatoms. The van der Waals surface area contributed by atoms with Gasteiger partial charge in [0, 0.05) is 39.8 Å². The van der Waals surface area contributed by atoms with Gasteiger partial charge in [-0.05, 0) is 92.7 Å². The van der Waals surface area contributed by atoms with Crippen LogP contribution in [0.4, 0.5) is 4.39 Å². The molecular formula is C32H34FN3O3S. The van der Waals surface area contributed by atoms with Crippen LogP contribution in [0.25, 0.3) is 21.2 Å². The Morgan fingerprint density at radius 1 is 1.05 bits per heavy atom. The van der Waals surface area contributed by atoms with Crippen LogP contribution in [-0.4, -0.2) is 43.0 Å². The number of benzene rings is 3. The van der Waals surface area contributed by atoms with Crippen LogP contribution in [-0.2, 0) is 6.54 Å². The Morgan fingerprint density at radius 2 is 1.75 bits per heavy atom. The average molecular weight is 560 g/mol. The molecule has 2 amide bonds. The average Bonchev–Trinajstić information content (AvgIpc) is 3.32. The molecule has 1 fully saturated rings. The van der Waals surface area contributed by atoms with E-state index in [1.807, 2.05) is 55.3 Å². The van der Waals surface area contributed by atoms with Crippen LogP contribution < -0.4 is 15.8 Å². The molecule has 0 bridgehead atoms. The number of nitrogens with two attached hydrogens (primary N) is 1. The molecule has 1 saturated carbocycles. The van der Waals surface area contributed by atoms with Gasteiger partial charge in [-0.3, -0.25) is 9.59 Å². The van der Waals surface area contributed by atoms with Crippen molar-refractivity contribution in [3.8, 4) is 16.9 Å². The lowest BCUT2D eigenvalue weighted by Gasteiger charge is -2.37. The van der Waals surface area contributed by atoms with Gasteiger partial charge >= 0.3 is 0 Å². The van der Waals surface area contributed by atoms with Crippen molar-refractivity contribution in [2.24, 2.45) is 5.73 Å². The van der Waals surface area contributed by atoms with Crippen molar-refractivity contribution in [3.63, 3.8) is 0 Å². The van der Waals surface area contributed by atoms with E-state index in [0.717, 1.165) is 47.1 Å². The molecule has 0 atom stereocenters. The molecule has 1 aliphatic rings. The van der Waals surface area contributed by atoms with E-state index < -0.39 is 5.91 Å². The van der Waals surface area contributed by atoms with Crippen LogP contribution in [0.5, 0.6) is 5.75 Å². The predicted octanol–water partition coefficient (Wildman–Crippen LogP) is 6.30. The minimum absolute atomic E-state index is 0.0507. The van der Waals surface area contributed by atoms with Crippen molar-refractivity contribution in [1.82, 2.24) is 10.2 Å². The van der Waals surface area contributed by atoms with E-state index in [-0.39, 0.29) is 17.8 Å². The summed E-state index contributed by atoms with van der Waals surface area (Å²) >= 11 is 1.36. The normalized spacial score (nSPS) is 17.1. The second-order valence-corrected chi connectivity index (χ2v) is 11.4. The Bertz CT molecular complexity index is 1540. The minimum Gasteiger partial charge on any atom is -0.496 e. The number of amides is 2. The summed E-state index contributed by atoms with van der Waals surface area (Å²) in [6.07, 6.45) is 3.72. The molecule has 1 aliphatic carbocycles. The number of ether oxygens (including phenoxy) is 1. The van der Waals surface area contributed by atoms with Crippen LogP contribution in [0.15, 0.2) is 60.7 Å². The number of aryl methyl sites for hydroxylation is 1. The maximum Gasteiger partial charge on any atom is 0.264 e. The SMILES string of the molecule is CNC1CCC(N(Cc2cc(-c3ccc(C(N)=O)cc3)ccc2OC)C(=O)c2sc3cccc(F)c3c2C)CC1. The summed E-state index contributed by atoms with van der Waals surface area (Å²) < 4.78 is 21.2. The maximum absolute atomic E-state index is 14.7. The number of carbonyl (C=O) groups is 2. The van der Waals surface area contributed by atoms with Crippen molar-refractivity contribution in [2.45, 2.75) is 51.2 Å². The summed E-state index contributed by atoms with van der Waals surface area (Å²) in [5.74, 6) is -0.161. The largest absolute Gasteiger partial charge is 0.496 e. The summed E-state index contributed by atoms with van der Waals surface area (Å²) in [6.45, 7) is 2.20. The van der Waals surface area contributed by atoms with Gasteiger partial charge in [-0.15, -0.1) is 11.3 Å². The highest BCUT2D eigenvalue weighted by molar-refractivity contribution is 7.21. The zero-order valence-electron chi connectivity index (χ0n) is 23.0. The molecule has 0 saturated heterocycles. The fourth-order valence-electron chi connectivity index (χ4n) is 5.72. The first-order valence-corrected chi connectivity index (χ1v) is 14.3. The number of hydrogen-bond donors (Lipinski definition) is 2. The first-order chi connectivity index (χ1) is 19.3. The predicted molar refractivity (Wildman–Crippen MR) is 158 cm³/mol. The van der Waals surface area contributed by atoms with E-state index in [4.69, 9.17) is 10.5 Å². The molecule has 0 spiro atoms. The van der Waals surface area contributed by atoms with Crippen LogP contribution in [0.3, 0.4) is 0 Å². The Balaban J connectivity index is 1.53. The highest BCUT2D eigenvalue weighted by Gasteiger charge is 2.32. The number of thiophene rings is 1. The fraction of sp³-hybridized carbons (Fsp3) is 0.312. The lowest BCUT2D eigenvalue weighted by atomic mass is 9.89. The standard InChI is InChI=1S/C32H34FN3O3S/c1-19-29-26(33)5-4-6-28(29)40-30(19)32(38)36(25-14-12-24(35-2)13-15-25)18-23-17-22(11-16-27(23)39-3)20-7-9-21(10-8-20)31(34)37/h4-11,16-17,24-25,35H,12-15,18H2,1-3H3,(H2,34,37). The second kappa shape index (κ2) is 11.8. The lowest BCUT2D eigenvalue weighted by molar-refractivity contribution is 0.0604. The number of rotatable bonds is 8. The van der Waals surface area contributed by atoms with Crippen LogP contribution in [0.1, 0.15) is 56.8 Å². The van der Waals surface area contributed by atoms with Gasteiger partial charge in [-0.25, -0.2) is 4.39 Å². The Morgan fingerprint density at radius 3 is 2.38 bits per heavy atom. The van der Waals surface area contributed by atoms with E-state index in [9.17, 15) is 14.0 Å². The van der Waals surface area contributed by atoms with Crippen molar-refractivity contribution >= 4 is 33.2 Å². The molecule has 0 radical (unpaired) electrons. The Kier molecular flexibility index (Phi) is 8.19. The number of primary amides is 1. The molecular weight excluding hydrogens is 525 g/mol. The van der Waals surface area contributed by atoms with E-state index in [2.05, 4.69) is 5.32 Å². The van der Waals surface area contributed by atoms with Crippen molar-refractivity contribution < 1.29 is 18.7 Å². The molecule has 4 aromatic rings. The molecule has 3 N–H and O–H groups in total. The van der Waals surface area contributed by atoms with Gasteiger partial charge in [-0.1, -0.05) is 24.3 Å². The number of fused-ring (bicyclic) bond motifs is 1. The van der Waals surface area contributed by atoms with Crippen LogP contribution in [0, 0.1) is 12.7 Å². The zero-order valence-corrected chi connectivity index (χ0v) is 23.8. The van der Waals surface area contributed by atoms with E-state index >= 15 is 0 Å². The van der Waals surface area contributed by atoms with Gasteiger partial charge < -0.3 is 20.7 Å². The van der Waals surface area contributed by atoms with Gasteiger partial charge in [0.2, 0.25) is 5.91 Å². The van der Waals surface area contributed by atoms with Crippen molar-refractivity contribution in [3.05, 3.63) is 88.0 Å². The maximum atomic E-state index is 14.7. The second-order valence-electron chi connectivity index (χ2n) is 10.4. The number of carbonyl (C=O) groups excluding carboxylic acids is 2. The van der Waals surface area contributed by atoms with Gasteiger partial charge in [0.25, 0.3) is 5.91 Å². The van der Waals surface area contributed by atoms with Gasteiger partial charge in [0.05, 0.1) is 12.0 Å². The van der Waals surface area contributed by atoms with Gasteiger partial charge in [-0.2, -0.15) is 0 Å². The highest BCUT2D eigenvalue weighted by atomic mass is 32.1. The molecule has 6 nitrogen and oxygen atoms in total. The molecule has 1 aromatic heterocycles. The molecule has 0 unspecified atom stereocenters. The minimum atomic E-state index is -0.472. The lowest BCUT2D eigenvalue weighted by Crippen LogP contribution is -2.44. The third kappa shape index (κ3) is 5.46. The smallest absolute Gasteiger partial charge is 0.264 e. The molecule has 5 rings (SSSR count). The van der Waals surface area contributed by atoms with E-state index in [0.29, 0.717) is 39.7 Å². The molecule has 3 aromatic carbocycles. The van der Waals surface area contributed by atoms with E-state index in [1.165, 1.54) is 17.4 Å². The zero-order chi connectivity index (χ0) is 28.4. The summed E-state index contributed by atoms with van der Waals surface area (Å²) in [4.78, 5) is 28.3. The topological polar surface area (TPSA) is 84.7 Å². The molecule has 0 aliphatic heterocycles. The molecule has 1 heterocycles. The van der Waals surface area contributed by atoms with Crippen molar-refractivity contribution in [2.75, 3.05) is 14.2 Å². The first kappa shape index (κ1) is 27.8. The van der Waals surface area contributed by atoms with Crippen LogP contribution >= 0.6 is 11.3 Å². The molecule has 208 valence electrons. The summed E-state index contributed by atoms with van der Waals surface area (Å²) in [6, 6.07) is 18.5. The van der Waals surface area contributed by atoms with Gasteiger partial charge in [0.1, 0.15) is 11.6 Å². The van der Waals surface area contributed by atoms with Crippen molar-refractivity contribution in [1.29, 1.82) is 0 Å². The van der Waals surface area contributed by atoms with Crippen LogP contribution in [0.2, 0.25) is 0 Å². The quantitative estimate of drug-likeness (QED) is 0.266. The number of halogens is 1. The highest BCUT2D eigenvalue weighted by Crippen LogP contribution is 2.36. The molecule has 40 heavy (non-hydrogen) atoms. The van der Waals surface area contributed by atoms with E-state index in [1.54, 1.807) is 25.3 Å². The number of hydrogen-bond acceptors (Lipinski definition) is 5. The Labute approximate surface area is 237 Å². The number of methoxy groups -OCH3 is 1. The summed E-state index contributed by atoms with van der Waals surface area (Å²) in [7, 11) is 3.61. The number of nitrogens with one attached hydrogen (secondary N) is 1. The summed E-state index contributed by atoms with van der Waals surface area (Å²) in [5.41, 5.74) is 9.30. The third-order valence-corrected chi connectivity index (χ3v) is 9.27. The first-order valence-electron chi connectivity index (χ1n) is 13.5. The van der Waals surface area contributed by atoms with Gasteiger partial charge in [0.15, 0.2) is 0 Å². The monoisotopic (exact) mass is 559 g/mol. The third-order valence-electron chi connectivity index (χ3n) is 8.03. The Hall–Kier alpha value is -3.75. The fourth-order valence-corrected chi connectivity index (χ4v) is 6.90. The summed E-state index contributed by atoms with van der Waals surface area (Å²) in [5, 5.41) is 3.89. The number of nitrogens with zero attached hydrogens (tertiary/aromatic N) is 1.